The van der Waals surface area contributed by atoms with Gasteiger partial charge in [-0.25, -0.2) is 9.59 Å². The Bertz CT molecular complexity index is 735. The summed E-state index contributed by atoms with van der Waals surface area (Å²) in [6, 6.07) is 2.65. The van der Waals surface area contributed by atoms with Gasteiger partial charge >= 0.3 is 12.1 Å². The molecular weight excluding hydrogens is 370 g/mol. The Morgan fingerprint density at radius 3 is 2.39 bits per heavy atom. The quantitative estimate of drug-likeness (QED) is 0.610. The minimum atomic E-state index is -1.39. The number of aliphatic carboxylic acids is 1. The molecule has 9 nitrogen and oxygen atoms in total. The van der Waals surface area contributed by atoms with E-state index in [0.29, 0.717) is 36.7 Å². The van der Waals surface area contributed by atoms with Crippen molar-refractivity contribution < 1.29 is 38.8 Å². The zero-order chi connectivity index (χ0) is 20.8. The van der Waals surface area contributed by atoms with E-state index in [9.17, 15) is 24.6 Å². The number of rotatable bonds is 9. The van der Waals surface area contributed by atoms with Crippen LogP contribution in [0.5, 0.6) is 11.5 Å². The van der Waals surface area contributed by atoms with E-state index in [2.05, 4.69) is 0 Å². The lowest BCUT2D eigenvalue weighted by Crippen LogP contribution is -2.41. The predicted molar refractivity (Wildman–Crippen MR) is 97.8 cm³/mol. The van der Waals surface area contributed by atoms with E-state index >= 15 is 0 Å². The highest BCUT2D eigenvalue weighted by Crippen LogP contribution is 2.44. The highest BCUT2D eigenvalue weighted by Gasteiger charge is 2.49. The number of nitrogens with zero attached hydrogens (tertiary/aromatic N) is 1. The molecule has 154 valence electrons. The number of carbonyl (C=O) groups is 3. The molecule has 1 amide bonds. The van der Waals surface area contributed by atoms with Crippen LogP contribution in [0.2, 0.25) is 0 Å². The molecule has 2 N–H and O–H groups in total. The number of carbonyl (C=O) groups excluding carboxylic acids is 1. The van der Waals surface area contributed by atoms with Gasteiger partial charge in [0.25, 0.3) is 0 Å². The van der Waals surface area contributed by atoms with Crippen LogP contribution in [0.15, 0.2) is 18.2 Å². The van der Waals surface area contributed by atoms with Crippen LogP contribution in [-0.2, 0) is 14.3 Å². The zero-order valence-corrected chi connectivity index (χ0v) is 16.1. The second-order valence-electron chi connectivity index (χ2n) is 6.55. The molecule has 1 aliphatic rings. The van der Waals surface area contributed by atoms with Gasteiger partial charge in [-0.15, -0.1) is 0 Å². The van der Waals surface area contributed by atoms with Crippen molar-refractivity contribution in [1.29, 1.82) is 0 Å². The topological polar surface area (TPSA) is 123 Å². The van der Waals surface area contributed by atoms with Crippen LogP contribution < -0.4 is 9.47 Å². The molecule has 9 heteroatoms. The van der Waals surface area contributed by atoms with Crippen LogP contribution in [0.1, 0.15) is 31.4 Å². The van der Waals surface area contributed by atoms with Crippen LogP contribution in [0.4, 0.5) is 4.79 Å². The number of methoxy groups -OCH3 is 2. The average molecular weight is 395 g/mol. The molecule has 0 spiro atoms. The Kier molecular flexibility index (Phi) is 7.22. The van der Waals surface area contributed by atoms with Crippen molar-refractivity contribution >= 4 is 17.8 Å². The summed E-state index contributed by atoms with van der Waals surface area (Å²) in [5, 5.41) is 19.0. The third-order valence-electron chi connectivity index (χ3n) is 4.80. The van der Waals surface area contributed by atoms with Gasteiger partial charge in [0.15, 0.2) is 11.5 Å². The maximum absolute atomic E-state index is 12.1. The number of ketones is 1. The third kappa shape index (κ3) is 4.53. The number of ether oxygens (including phenoxy) is 3. The first-order valence-electron chi connectivity index (χ1n) is 8.86. The van der Waals surface area contributed by atoms with Gasteiger partial charge in [-0.3, -0.25) is 9.69 Å². The smallest absolute Gasteiger partial charge is 0.408 e. The Labute approximate surface area is 162 Å². The van der Waals surface area contributed by atoms with E-state index in [1.807, 2.05) is 0 Å². The van der Waals surface area contributed by atoms with Crippen molar-refractivity contribution in [3.63, 3.8) is 0 Å². The van der Waals surface area contributed by atoms with Crippen molar-refractivity contribution in [3.05, 3.63) is 23.8 Å². The summed E-state index contributed by atoms with van der Waals surface area (Å²) in [5.41, 5.74) is 0.480. The number of hydrogen-bond acceptors (Lipinski definition) is 6. The van der Waals surface area contributed by atoms with Crippen LogP contribution in [-0.4, -0.2) is 66.4 Å². The monoisotopic (exact) mass is 395 g/mol. The number of amides is 1. The van der Waals surface area contributed by atoms with E-state index in [-0.39, 0.29) is 12.2 Å². The van der Waals surface area contributed by atoms with Gasteiger partial charge in [0.1, 0.15) is 11.8 Å². The molecular formula is C19H25NO8. The molecule has 0 bridgehead atoms. The lowest BCUT2D eigenvalue weighted by Gasteiger charge is -2.28. The van der Waals surface area contributed by atoms with Gasteiger partial charge in [0.2, 0.25) is 0 Å². The fourth-order valence-corrected chi connectivity index (χ4v) is 3.50. The molecule has 0 radical (unpaired) electrons. The molecule has 1 heterocycles. The summed E-state index contributed by atoms with van der Waals surface area (Å²) in [6.07, 6.45) is -0.816. The molecule has 0 unspecified atom stereocenters. The van der Waals surface area contributed by atoms with Crippen molar-refractivity contribution in [3.8, 4) is 11.5 Å². The van der Waals surface area contributed by atoms with Crippen molar-refractivity contribution in [2.45, 2.75) is 31.8 Å². The molecule has 28 heavy (non-hydrogen) atoms. The minimum absolute atomic E-state index is 0.0717. The maximum Gasteiger partial charge on any atom is 0.408 e. The predicted octanol–water partition coefficient (Wildman–Crippen LogP) is 2.19. The molecule has 1 saturated heterocycles. The second kappa shape index (κ2) is 9.41. The van der Waals surface area contributed by atoms with Crippen LogP contribution in [0, 0.1) is 5.92 Å². The Morgan fingerprint density at radius 2 is 1.86 bits per heavy atom. The standard InChI is InChI=1S/C19H25NO8/c1-11(21)13-10-14(18(22)23)20(19(24)25)17(13)12-5-6-15(27-3)16(9-12)28-8-4-7-26-2/h5-6,9,13-14,17H,4,7-8,10H2,1-3H3,(H,22,23)(H,24,25)/t13-,14-,17-/m0/s1. The number of likely N-dealkylation sites (tertiary alicyclic amines) is 1. The molecule has 1 aromatic carbocycles. The maximum atomic E-state index is 12.1. The van der Waals surface area contributed by atoms with E-state index in [1.165, 1.54) is 14.0 Å². The first-order valence-corrected chi connectivity index (χ1v) is 8.86. The molecule has 1 fully saturated rings. The number of hydrogen-bond donors (Lipinski definition) is 2. The highest BCUT2D eigenvalue weighted by atomic mass is 16.5. The van der Waals surface area contributed by atoms with Gasteiger partial charge in [-0.05, 0) is 31.0 Å². The van der Waals surface area contributed by atoms with Crippen molar-refractivity contribution in [2.24, 2.45) is 5.92 Å². The number of carboxylic acids is 1. The van der Waals surface area contributed by atoms with Crippen molar-refractivity contribution in [2.75, 3.05) is 27.4 Å². The van der Waals surface area contributed by atoms with E-state index < -0.39 is 30.1 Å². The van der Waals surface area contributed by atoms with E-state index in [0.717, 1.165) is 4.90 Å². The molecule has 2 rings (SSSR count). The fraction of sp³-hybridized carbons (Fsp3) is 0.526. The largest absolute Gasteiger partial charge is 0.493 e. The Hall–Kier alpha value is -2.81. The SMILES string of the molecule is COCCCOc1cc([C@H]2[C@H](C(C)=O)C[C@@H](C(=O)O)N2C(=O)O)ccc1OC. The molecule has 1 aromatic rings. The lowest BCUT2D eigenvalue weighted by molar-refractivity contribution is -0.142. The molecule has 0 aromatic heterocycles. The first kappa shape index (κ1) is 21.5. The summed E-state index contributed by atoms with van der Waals surface area (Å²) in [6.45, 7) is 2.21. The molecule has 0 aliphatic carbocycles. The van der Waals surface area contributed by atoms with Crippen LogP contribution in [0.25, 0.3) is 0 Å². The highest BCUT2D eigenvalue weighted by molar-refractivity contribution is 5.86. The fourth-order valence-electron chi connectivity index (χ4n) is 3.50. The number of carboxylic acid groups (broad SMARTS) is 2. The molecule has 1 aliphatic heterocycles. The van der Waals surface area contributed by atoms with Crippen LogP contribution >= 0.6 is 0 Å². The molecule has 3 atom stereocenters. The summed E-state index contributed by atoms with van der Waals surface area (Å²) in [4.78, 5) is 36.3. The van der Waals surface area contributed by atoms with Gasteiger partial charge in [0.05, 0.1) is 19.8 Å². The minimum Gasteiger partial charge on any atom is -0.493 e. The van der Waals surface area contributed by atoms with Gasteiger partial charge in [-0.1, -0.05) is 6.07 Å². The normalized spacial score (nSPS) is 21.4. The van der Waals surface area contributed by atoms with Gasteiger partial charge in [0, 0.05) is 26.1 Å². The summed E-state index contributed by atoms with van der Waals surface area (Å²) >= 11 is 0. The zero-order valence-electron chi connectivity index (χ0n) is 16.1. The second-order valence-corrected chi connectivity index (χ2v) is 6.55. The van der Waals surface area contributed by atoms with E-state index in [1.54, 1.807) is 25.3 Å². The number of benzene rings is 1. The Morgan fingerprint density at radius 1 is 1.14 bits per heavy atom. The Balaban J connectivity index is 2.41. The van der Waals surface area contributed by atoms with Crippen molar-refractivity contribution in [1.82, 2.24) is 4.90 Å². The third-order valence-corrected chi connectivity index (χ3v) is 4.80. The van der Waals surface area contributed by atoms with Gasteiger partial charge in [-0.2, -0.15) is 0 Å². The summed E-state index contributed by atoms with van der Waals surface area (Å²) in [5.74, 6) is -1.45. The van der Waals surface area contributed by atoms with Gasteiger partial charge < -0.3 is 24.4 Å². The number of Topliss-reactive ketones (excluding diaryl/α,β-unsaturated/α-hetero) is 1. The van der Waals surface area contributed by atoms with Crippen LogP contribution in [0.3, 0.4) is 0 Å². The summed E-state index contributed by atoms with van der Waals surface area (Å²) < 4.78 is 16.0. The molecule has 0 saturated carbocycles. The average Bonchev–Trinajstić information content (AvgIpc) is 3.06. The first-order chi connectivity index (χ1) is 13.3. The van der Waals surface area contributed by atoms with E-state index in [4.69, 9.17) is 14.2 Å². The summed E-state index contributed by atoms with van der Waals surface area (Å²) in [7, 11) is 3.07. The lowest BCUT2D eigenvalue weighted by atomic mass is 9.90.